The highest BCUT2D eigenvalue weighted by Gasteiger charge is 2.24. The molecule has 0 aromatic heterocycles. The number of rotatable bonds is 9. The van der Waals surface area contributed by atoms with Crippen LogP contribution in [0.5, 0.6) is 0 Å². The average Bonchev–Trinajstić information content (AvgIpc) is 3.68. The second-order valence-electron chi connectivity index (χ2n) is 10.1. The highest BCUT2D eigenvalue weighted by molar-refractivity contribution is 4.71. The first-order valence-corrected chi connectivity index (χ1v) is 13.9. The van der Waals surface area contributed by atoms with E-state index in [0.717, 1.165) is 38.9 Å². The Morgan fingerprint density at radius 1 is 0.656 bits per heavy atom. The predicted molar refractivity (Wildman–Crippen MR) is 130 cm³/mol. The van der Waals surface area contributed by atoms with Gasteiger partial charge in [-0.25, -0.2) is 0 Å². The van der Waals surface area contributed by atoms with Gasteiger partial charge in [-0.15, -0.1) is 0 Å². The third kappa shape index (κ3) is 14.1. The molecule has 1 saturated heterocycles. The van der Waals surface area contributed by atoms with Crippen LogP contribution in [0.1, 0.15) is 117 Å². The minimum absolute atomic E-state index is 0.378. The first kappa shape index (κ1) is 28.0. The van der Waals surface area contributed by atoms with E-state index in [1.807, 2.05) is 0 Å². The Morgan fingerprint density at radius 2 is 1.00 bits per heavy atom. The third-order valence-corrected chi connectivity index (χ3v) is 6.63. The minimum atomic E-state index is -0.450. The Bertz CT molecular complexity index is 388. The molecule has 5 heteroatoms. The molecule has 190 valence electrons. The standard InChI is InChI=1S/C15H28O3.C9H16O2.C3H8/c16-13(11-17-14-7-3-1-4-8-14)12-18-15-9-5-2-6-10-15;1-2-4-8(5-3-1)10-6-9-7-11-9;1-3-2/h13-16H,1-12H2;8-9H,1-7H2;3H2,1-2H3. The van der Waals surface area contributed by atoms with Gasteiger partial charge in [-0.05, 0) is 38.5 Å². The SMILES string of the molecule is C1CCC(OCC2CO2)CC1.CCC.OC(COC1CCCCC1)COC1CCCCC1. The van der Waals surface area contributed by atoms with E-state index < -0.39 is 6.10 Å². The molecule has 1 N–H and O–H groups in total. The molecule has 3 aliphatic carbocycles. The van der Waals surface area contributed by atoms with Gasteiger partial charge < -0.3 is 24.1 Å². The Balaban J connectivity index is 0.000000220. The van der Waals surface area contributed by atoms with E-state index in [9.17, 15) is 5.11 Å². The summed E-state index contributed by atoms with van der Waals surface area (Å²) in [5, 5.41) is 9.86. The van der Waals surface area contributed by atoms with Crippen LogP contribution in [-0.4, -0.2) is 62.1 Å². The number of ether oxygens (including phenoxy) is 4. The number of epoxide rings is 1. The summed E-state index contributed by atoms with van der Waals surface area (Å²) in [6.07, 6.45) is 21.6. The van der Waals surface area contributed by atoms with Crippen LogP contribution in [0.4, 0.5) is 0 Å². The second-order valence-corrected chi connectivity index (χ2v) is 10.1. The Morgan fingerprint density at radius 3 is 1.34 bits per heavy atom. The molecule has 0 aromatic rings. The Kier molecular flexibility index (Phi) is 15.9. The smallest absolute Gasteiger partial charge is 0.104 e. The van der Waals surface area contributed by atoms with Gasteiger partial charge in [0.15, 0.2) is 0 Å². The summed E-state index contributed by atoms with van der Waals surface area (Å²) in [5.74, 6) is 0. The summed E-state index contributed by atoms with van der Waals surface area (Å²) in [5.41, 5.74) is 0. The molecular formula is C27H52O5. The summed E-state index contributed by atoms with van der Waals surface area (Å²) >= 11 is 0. The first-order chi connectivity index (χ1) is 15.7. The summed E-state index contributed by atoms with van der Waals surface area (Å²) in [6, 6.07) is 0. The van der Waals surface area contributed by atoms with Crippen molar-refractivity contribution in [3.05, 3.63) is 0 Å². The predicted octanol–water partition coefficient (Wildman–Crippen LogP) is 6.20. The van der Waals surface area contributed by atoms with Crippen LogP contribution in [0.15, 0.2) is 0 Å². The van der Waals surface area contributed by atoms with E-state index in [1.54, 1.807) is 0 Å². The molecule has 1 unspecified atom stereocenters. The lowest BCUT2D eigenvalue weighted by Gasteiger charge is -2.25. The van der Waals surface area contributed by atoms with Gasteiger partial charge in [0, 0.05) is 0 Å². The number of aliphatic hydroxyl groups excluding tert-OH is 1. The molecular weight excluding hydrogens is 404 g/mol. The Labute approximate surface area is 197 Å². The van der Waals surface area contributed by atoms with Crippen molar-refractivity contribution >= 4 is 0 Å². The molecule has 3 saturated carbocycles. The molecule has 0 spiro atoms. The van der Waals surface area contributed by atoms with Crippen LogP contribution < -0.4 is 0 Å². The highest BCUT2D eigenvalue weighted by Crippen LogP contribution is 2.23. The average molecular weight is 457 g/mol. The minimum Gasteiger partial charge on any atom is -0.388 e. The summed E-state index contributed by atoms with van der Waals surface area (Å²) in [4.78, 5) is 0. The van der Waals surface area contributed by atoms with Gasteiger partial charge in [0.05, 0.1) is 44.7 Å². The summed E-state index contributed by atoms with van der Waals surface area (Å²) in [6.45, 7) is 6.90. The van der Waals surface area contributed by atoms with Gasteiger partial charge in [-0.2, -0.15) is 0 Å². The van der Waals surface area contributed by atoms with Crippen LogP contribution in [0.25, 0.3) is 0 Å². The zero-order valence-electron chi connectivity index (χ0n) is 21.1. The molecule has 1 aliphatic heterocycles. The fraction of sp³-hybridized carbons (Fsp3) is 1.00. The van der Waals surface area contributed by atoms with Crippen molar-refractivity contribution in [2.75, 3.05) is 26.4 Å². The highest BCUT2D eigenvalue weighted by atomic mass is 16.6. The van der Waals surface area contributed by atoms with Crippen molar-refractivity contribution in [1.29, 1.82) is 0 Å². The third-order valence-electron chi connectivity index (χ3n) is 6.63. The zero-order chi connectivity index (χ0) is 22.9. The van der Waals surface area contributed by atoms with Crippen LogP contribution in [0.2, 0.25) is 0 Å². The van der Waals surface area contributed by atoms with E-state index in [4.69, 9.17) is 18.9 Å². The van der Waals surface area contributed by atoms with Gasteiger partial charge >= 0.3 is 0 Å². The molecule has 1 atom stereocenters. The van der Waals surface area contributed by atoms with Crippen molar-refractivity contribution in [2.24, 2.45) is 0 Å². The van der Waals surface area contributed by atoms with Crippen LogP contribution in [0.3, 0.4) is 0 Å². The molecule has 0 radical (unpaired) electrons. The lowest BCUT2D eigenvalue weighted by atomic mass is 9.98. The molecule has 4 aliphatic rings. The van der Waals surface area contributed by atoms with Gasteiger partial charge in [0.25, 0.3) is 0 Å². The van der Waals surface area contributed by atoms with Crippen LogP contribution >= 0.6 is 0 Å². The number of aliphatic hydroxyl groups is 1. The van der Waals surface area contributed by atoms with E-state index in [2.05, 4.69) is 13.8 Å². The van der Waals surface area contributed by atoms with Crippen molar-refractivity contribution in [1.82, 2.24) is 0 Å². The van der Waals surface area contributed by atoms with Gasteiger partial charge in [0.1, 0.15) is 12.2 Å². The molecule has 0 bridgehead atoms. The van der Waals surface area contributed by atoms with Crippen LogP contribution in [-0.2, 0) is 18.9 Å². The monoisotopic (exact) mass is 456 g/mol. The fourth-order valence-electron chi connectivity index (χ4n) is 4.65. The Hall–Kier alpha value is -0.200. The number of hydrogen-bond acceptors (Lipinski definition) is 5. The molecule has 32 heavy (non-hydrogen) atoms. The lowest BCUT2D eigenvalue weighted by Crippen LogP contribution is -2.29. The van der Waals surface area contributed by atoms with E-state index in [-0.39, 0.29) is 0 Å². The molecule has 4 rings (SSSR count). The molecule has 0 amide bonds. The maximum absolute atomic E-state index is 9.86. The summed E-state index contributed by atoms with van der Waals surface area (Å²) in [7, 11) is 0. The van der Waals surface area contributed by atoms with Gasteiger partial charge in [-0.1, -0.05) is 78.1 Å². The lowest BCUT2D eigenvalue weighted by molar-refractivity contribution is -0.0731. The first-order valence-electron chi connectivity index (χ1n) is 13.9. The second kappa shape index (κ2) is 18.2. The molecule has 4 fully saturated rings. The zero-order valence-corrected chi connectivity index (χ0v) is 21.1. The van der Waals surface area contributed by atoms with Gasteiger partial charge in [-0.3, -0.25) is 0 Å². The van der Waals surface area contributed by atoms with E-state index in [0.29, 0.717) is 37.6 Å². The van der Waals surface area contributed by atoms with Crippen molar-refractivity contribution in [2.45, 2.75) is 147 Å². The maximum atomic E-state index is 9.86. The summed E-state index contributed by atoms with van der Waals surface area (Å²) < 4.78 is 22.3. The quantitative estimate of drug-likeness (QED) is 0.419. The fourth-order valence-corrected chi connectivity index (χ4v) is 4.65. The molecule has 1 heterocycles. The van der Waals surface area contributed by atoms with E-state index >= 15 is 0 Å². The maximum Gasteiger partial charge on any atom is 0.104 e. The van der Waals surface area contributed by atoms with Gasteiger partial charge in [0.2, 0.25) is 0 Å². The van der Waals surface area contributed by atoms with Crippen LogP contribution in [0, 0.1) is 0 Å². The number of hydrogen-bond donors (Lipinski definition) is 1. The van der Waals surface area contributed by atoms with Crippen molar-refractivity contribution in [3.63, 3.8) is 0 Å². The molecule has 0 aromatic carbocycles. The topological polar surface area (TPSA) is 60.5 Å². The molecule has 5 nitrogen and oxygen atoms in total. The van der Waals surface area contributed by atoms with Crippen molar-refractivity contribution in [3.8, 4) is 0 Å². The largest absolute Gasteiger partial charge is 0.388 e. The van der Waals surface area contributed by atoms with E-state index in [1.165, 1.54) is 77.0 Å². The normalized spacial score (nSPS) is 24.9. The van der Waals surface area contributed by atoms with Crippen molar-refractivity contribution < 1.29 is 24.1 Å².